The number of thioether (sulfide) groups is 1. The summed E-state index contributed by atoms with van der Waals surface area (Å²) < 4.78 is 0. The standard InChI is InChI=1S/C21H27N5O2S/c22-19(27)10-14-29-18-9-3-2-8-17(18)25-21(28)24-15-16-7-6-11-23-20(16)26-12-4-1-5-13-26/h2-3,6-9,11H,1,4-5,10,12-15H2,(H2,22,27)(H2,24,25,28). The number of carbonyl (C=O) groups excluding carboxylic acids is 2. The first-order valence-electron chi connectivity index (χ1n) is 9.87. The van der Waals surface area contributed by atoms with E-state index in [2.05, 4.69) is 20.5 Å². The van der Waals surface area contributed by atoms with Gasteiger partial charge in [0, 0.05) is 48.5 Å². The number of para-hydroxylation sites is 1. The number of amides is 3. The monoisotopic (exact) mass is 413 g/mol. The molecule has 1 aliphatic heterocycles. The third kappa shape index (κ3) is 6.39. The molecule has 0 aliphatic carbocycles. The van der Waals surface area contributed by atoms with Gasteiger partial charge in [-0.15, -0.1) is 11.8 Å². The minimum atomic E-state index is -0.332. The Kier molecular flexibility index (Phi) is 7.75. The fraction of sp³-hybridized carbons (Fsp3) is 0.381. The summed E-state index contributed by atoms with van der Waals surface area (Å²) in [5.41, 5.74) is 6.91. The highest BCUT2D eigenvalue weighted by Gasteiger charge is 2.16. The lowest BCUT2D eigenvalue weighted by Gasteiger charge is -2.29. The van der Waals surface area contributed by atoms with Crippen LogP contribution in [0.25, 0.3) is 0 Å². The van der Waals surface area contributed by atoms with E-state index >= 15 is 0 Å². The van der Waals surface area contributed by atoms with Crippen LogP contribution in [-0.4, -0.2) is 35.8 Å². The van der Waals surface area contributed by atoms with Crippen molar-refractivity contribution in [3.05, 3.63) is 48.2 Å². The Balaban J connectivity index is 1.58. The molecule has 1 fully saturated rings. The topological polar surface area (TPSA) is 100 Å². The number of nitrogens with zero attached hydrogens (tertiary/aromatic N) is 2. The van der Waals surface area contributed by atoms with Crippen LogP contribution in [0.3, 0.4) is 0 Å². The Labute approximate surface area is 175 Å². The molecule has 0 bridgehead atoms. The summed E-state index contributed by atoms with van der Waals surface area (Å²) in [6, 6.07) is 11.1. The Bertz CT molecular complexity index is 839. The highest BCUT2D eigenvalue weighted by Crippen LogP contribution is 2.27. The minimum absolute atomic E-state index is 0.276. The summed E-state index contributed by atoms with van der Waals surface area (Å²) in [5, 5.41) is 5.83. The highest BCUT2D eigenvalue weighted by atomic mass is 32.2. The fourth-order valence-corrected chi connectivity index (χ4v) is 4.23. The van der Waals surface area contributed by atoms with E-state index in [1.165, 1.54) is 31.0 Å². The maximum absolute atomic E-state index is 12.5. The van der Waals surface area contributed by atoms with Crippen LogP contribution in [0.5, 0.6) is 0 Å². The quantitative estimate of drug-likeness (QED) is 0.576. The van der Waals surface area contributed by atoms with Crippen LogP contribution in [0.15, 0.2) is 47.5 Å². The maximum atomic E-state index is 12.5. The van der Waals surface area contributed by atoms with Gasteiger partial charge in [-0.05, 0) is 37.5 Å². The molecule has 2 heterocycles. The average Bonchev–Trinajstić information content (AvgIpc) is 2.74. The largest absolute Gasteiger partial charge is 0.370 e. The Hall–Kier alpha value is -2.74. The van der Waals surface area contributed by atoms with E-state index in [4.69, 9.17) is 5.73 Å². The van der Waals surface area contributed by atoms with E-state index in [0.717, 1.165) is 29.4 Å². The second-order valence-electron chi connectivity index (χ2n) is 6.90. The summed E-state index contributed by atoms with van der Waals surface area (Å²) in [4.78, 5) is 31.1. The molecule has 0 spiro atoms. The number of nitrogens with two attached hydrogens (primary N) is 1. The third-order valence-corrected chi connectivity index (χ3v) is 5.78. The fourth-order valence-electron chi connectivity index (χ4n) is 3.26. The maximum Gasteiger partial charge on any atom is 0.319 e. The van der Waals surface area contributed by atoms with Crippen LogP contribution in [0, 0.1) is 0 Å². The second kappa shape index (κ2) is 10.7. The molecule has 7 nitrogen and oxygen atoms in total. The van der Waals surface area contributed by atoms with Crippen molar-refractivity contribution in [2.24, 2.45) is 5.73 Å². The molecule has 3 amide bonds. The van der Waals surface area contributed by atoms with Gasteiger partial charge in [0.1, 0.15) is 5.82 Å². The Morgan fingerprint density at radius 3 is 2.69 bits per heavy atom. The Morgan fingerprint density at radius 2 is 1.90 bits per heavy atom. The van der Waals surface area contributed by atoms with Gasteiger partial charge in [0.15, 0.2) is 0 Å². The predicted octanol–water partition coefficient (Wildman–Crippen LogP) is 3.36. The van der Waals surface area contributed by atoms with Crippen LogP contribution in [0.4, 0.5) is 16.3 Å². The molecule has 8 heteroatoms. The molecule has 1 aromatic carbocycles. The van der Waals surface area contributed by atoms with Crippen molar-refractivity contribution in [1.82, 2.24) is 10.3 Å². The van der Waals surface area contributed by atoms with Gasteiger partial charge in [0.2, 0.25) is 5.91 Å². The minimum Gasteiger partial charge on any atom is -0.370 e. The van der Waals surface area contributed by atoms with Crippen molar-refractivity contribution in [3.63, 3.8) is 0 Å². The van der Waals surface area contributed by atoms with Gasteiger partial charge in [-0.3, -0.25) is 4.79 Å². The van der Waals surface area contributed by atoms with Gasteiger partial charge < -0.3 is 21.3 Å². The molecular weight excluding hydrogens is 386 g/mol. The molecule has 3 rings (SSSR count). The van der Waals surface area contributed by atoms with Crippen molar-refractivity contribution in [2.75, 3.05) is 29.1 Å². The summed E-state index contributed by atoms with van der Waals surface area (Å²) in [6.45, 7) is 2.42. The molecule has 0 atom stereocenters. The number of rotatable bonds is 8. The number of primary amides is 1. The molecule has 1 saturated heterocycles. The van der Waals surface area contributed by atoms with Crippen molar-refractivity contribution in [1.29, 1.82) is 0 Å². The summed E-state index contributed by atoms with van der Waals surface area (Å²) in [6.07, 6.45) is 5.71. The lowest BCUT2D eigenvalue weighted by Crippen LogP contribution is -2.33. The lowest BCUT2D eigenvalue weighted by atomic mass is 10.1. The number of urea groups is 1. The van der Waals surface area contributed by atoms with E-state index in [1.54, 1.807) is 6.20 Å². The molecular formula is C21H27N5O2S. The van der Waals surface area contributed by atoms with Crippen LogP contribution in [0.1, 0.15) is 31.2 Å². The van der Waals surface area contributed by atoms with Gasteiger partial charge in [-0.25, -0.2) is 9.78 Å². The second-order valence-corrected chi connectivity index (χ2v) is 8.04. The number of aromatic nitrogens is 1. The molecule has 4 N–H and O–H groups in total. The molecule has 1 aliphatic rings. The first-order chi connectivity index (χ1) is 14.1. The molecule has 0 unspecified atom stereocenters. The van der Waals surface area contributed by atoms with Crippen molar-refractivity contribution < 1.29 is 9.59 Å². The molecule has 1 aromatic heterocycles. The predicted molar refractivity (Wildman–Crippen MR) is 117 cm³/mol. The van der Waals surface area contributed by atoms with Crippen molar-refractivity contribution >= 4 is 35.2 Å². The molecule has 154 valence electrons. The van der Waals surface area contributed by atoms with Gasteiger partial charge in [0.25, 0.3) is 0 Å². The molecule has 0 saturated carbocycles. The van der Waals surface area contributed by atoms with E-state index < -0.39 is 0 Å². The SMILES string of the molecule is NC(=O)CCSc1ccccc1NC(=O)NCc1cccnc1N1CCCCC1. The first kappa shape index (κ1) is 21.0. The van der Waals surface area contributed by atoms with Crippen LogP contribution in [-0.2, 0) is 11.3 Å². The van der Waals surface area contributed by atoms with Gasteiger partial charge in [0.05, 0.1) is 5.69 Å². The number of nitrogens with one attached hydrogen (secondary N) is 2. The molecule has 29 heavy (non-hydrogen) atoms. The number of hydrogen-bond donors (Lipinski definition) is 3. The Morgan fingerprint density at radius 1 is 1.10 bits per heavy atom. The van der Waals surface area contributed by atoms with Gasteiger partial charge >= 0.3 is 6.03 Å². The van der Waals surface area contributed by atoms with Gasteiger partial charge in [-0.2, -0.15) is 0 Å². The van der Waals surface area contributed by atoms with Crippen LogP contribution < -0.4 is 21.3 Å². The summed E-state index contributed by atoms with van der Waals surface area (Å²) in [7, 11) is 0. The van der Waals surface area contributed by atoms with E-state index in [-0.39, 0.29) is 11.9 Å². The number of anilines is 2. The molecule has 2 aromatic rings. The van der Waals surface area contributed by atoms with Crippen molar-refractivity contribution in [3.8, 4) is 0 Å². The first-order valence-corrected chi connectivity index (χ1v) is 10.9. The summed E-state index contributed by atoms with van der Waals surface area (Å²) >= 11 is 1.49. The van der Waals surface area contributed by atoms with Crippen LogP contribution in [0.2, 0.25) is 0 Å². The number of pyridine rings is 1. The number of carbonyl (C=O) groups is 2. The number of benzene rings is 1. The zero-order chi connectivity index (χ0) is 20.5. The smallest absolute Gasteiger partial charge is 0.319 e. The van der Waals surface area contributed by atoms with Crippen LogP contribution >= 0.6 is 11.8 Å². The summed E-state index contributed by atoms with van der Waals surface area (Å²) in [5.74, 6) is 1.20. The molecule has 0 radical (unpaired) electrons. The highest BCUT2D eigenvalue weighted by molar-refractivity contribution is 7.99. The average molecular weight is 414 g/mol. The zero-order valence-corrected chi connectivity index (χ0v) is 17.2. The van der Waals surface area contributed by atoms with E-state index in [9.17, 15) is 9.59 Å². The van der Waals surface area contributed by atoms with E-state index in [0.29, 0.717) is 24.4 Å². The van der Waals surface area contributed by atoms with Crippen molar-refractivity contribution in [2.45, 2.75) is 37.1 Å². The zero-order valence-electron chi connectivity index (χ0n) is 16.4. The van der Waals surface area contributed by atoms with Gasteiger partial charge in [-0.1, -0.05) is 18.2 Å². The third-order valence-electron chi connectivity index (χ3n) is 4.70. The normalized spacial score (nSPS) is 13.7. The number of hydrogen-bond acceptors (Lipinski definition) is 5. The lowest BCUT2D eigenvalue weighted by molar-refractivity contribution is -0.117. The van der Waals surface area contributed by atoms with E-state index in [1.807, 2.05) is 36.4 Å². The number of piperidine rings is 1.